The lowest BCUT2D eigenvalue weighted by Crippen LogP contribution is -2.55. The van der Waals surface area contributed by atoms with Crippen molar-refractivity contribution >= 4 is 17.9 Å². The highest BCUT2D eigenvalue weighted by Crippen LogP contribution is 2.45. The van der Waals surface area contributed by atoms with Gasteiger partial charge in [0.15, 0.2) is 0 Å². The van der Waals surface area contributed by atoms with Crippen LogP contribution in [0.2, 0.25) is 0 Å². The first-order chi connectivity index (χ1) is 17.9. The van der Waals surface area contributed by atoms with Crippen LogP contribution < -0.4 is 10.1 Å². The number of nitrogens with zero attached hydrogens (tertiary/aromatic N) is 2. The summed E-state index contributed by atoms with van der Waals surface area (Å²) in [6.07, 6.45) is 9.20. The highest BCUT2D eigenvalue weighted by atomic mass is 16.5. The van der Waals surface area contributed by atoms with Gasteiger partial charge in [-0.1, -0.05) is 30.7 Å². The van der Waals surface area contributed by atoms with Gasteiger partial charge in [0, 0.05) is 25.6 Å². The molecule has 3 amide bonds. The number of unbranched alkanes of at least 4 members (excludes halogenated alkanes) is 3. The van der Waals surface area contributed by atoms with E-state index in [-0.39, 0.29) is 24.5 Å². The Morgan fingerprint density at radius 2 is 1.95 bits per heavy atom. The second-order valence-electron chi connectivity index (χ2n) is 9.77. The van der Waals surface area contributed by atoms with Crippen molar-refractivity contribution in [3.63, 3.8) is 0 Å². The SMILES string of the molecule is C=CCCCCCN(Cc1ccc(OC)cc1)C(=O)N1CCC[C@H]1C(=O)N[C@]1(C(=O)OCC)C[C@H]1C=C. The van der Waals surface area contributed by atoms with E-state index in [0.717, 1.165) is 43.4 Å². The minimum atomic E-state index is -1.07. The summed E-state index contributed by atoms with van der Waals surface area (Å²) in [6, 6.07) is 6.90. The van der Waals surface area contributed by atoms with Crippen molar-refractivity contribution in [2.45, 2.75) is 70.0 Å². The molecule has 1 saturated carbocycles. The maximum atomic E-state index is 13.8. The predicted octanol–water partition coefficient (Wildman–Crippen LogP) is 4.45. The quantitative estimate of drug-likeness (QED) is 0.226. The van der Waals surface area contributed by atoms with Gasteiger partial charge in [0.2, 0.25) is 5.91 Å². The lowest BCUT2D eigenvalue weighted by atomic mass is 10.1. The molecule has 8 nitrogen and oxygen atoms in total. The first kappa shape index (κ1) is 28.3. The van der Waals surface area contributed by atoms with Crippen LogP contribution in [0.15, 0.2) is 49.6 Å². The Bertz CT molecular complexity index is 963. The molecule has 2 aliphatic rings. The topological polar surface area (TPSA) is 88.2 Å². The van der Waals surface area contributed by atoms with Crippen LogP contribution in [-0.4, -0.2) is 66.1 Å². The van der Waals surface area contributed by atoms with Crippen molar-refractivity contribution in [1.82, 2.24) is 15.1 Å². The Morgan fingerprint density at radius 1 is 1.19 bits per heavy atom. The van der Waals surface area contributed by atoms with Crippen LogP contribution in [0.1, 0.15) is 57.4 Å². The number of ether oxygens (including phenoxy) is 2. The third-order valence-electron chi connectivity index (χ3n) is 7.23. The van der Waals surface area contributed by atoms with Crippen molar-refractivity contribution < 1.29 is 23.9 Å². The van der Waals surface area contributed by atoms with Gasteiger partial charge in [0.05, 0.1) is 13.7 Å². The predicted molar refractivity (Wildman–Crippen MR) is 143 cm³/mol. The number of allylic oxidation sites excluding steroid dienone is 1. The van der Waals surface area contributed by atoms with E-state index in [1.165, 1.54) is 0 Å². The monoisotopic (exact) mass is 511 g/mol. The second kappa shape index (κ2) is 13.3. The van der Waals surface area contributed by atoms with Crippen molar-refractivity contribution in [2.24, 2.45) is 5.92 Å². The Kier molecular flexibility index (Phi) is 10.2. The zero-order valence-corrected chi connectivity index (χ0v) is 22.2. The molecule has 202 valence electrons. The summed E-state index contributed by atoms with van der Waals surface area (Å²) in [6.45, 7) is 11.1. The summed E-state index contributed by atoms with van der Waals surface area (Å²) < 4.78 is 10.5. The number of carbonyl (C=O) groups excluding carboxylic acids is 3. The van der Waals surface area contributed by atoms with Gasteiger partial charge >= 0.3 is 12.0 Å². The molecule has 0 spiro atoms. The third-order valence-corrected chi connectivity index (χ3v) is 7.23. The minimum absolute atomic E-state index is 0.154. The molecule has 2 fully saturated rings. The van der Waals surface area contributed by atoms with Crippen LogP contribution in [-0.2, 0) is 20.9 Å². The summed E-state index contributed by atoms with van der Waals surface area (Å²) in [5.41, 5.74) is -0.0754. The molecular weight excluding hydrogens is 470 g/mol. The Hall–Kier alpha value is -3.29. The molecule has 1 aliphatic carbocycles. The van der Waals surface area contributed by atoms with Crippen molar-refractivity contribution in [3.05, 3.63) is 55.1 Å². The van der Waals surface area contributed by atoms with Gasteiger partial charge in [-0.3, -0.25) is 4.79 Å². The molecule has 8 heteroatoms. The number of amides is 3. The Balaban J connectivity index is 1.71. The van der Waals surface area contributed by atoms with Crippen LogP contribution >= 0.6 is 0 Å². The Labute approximate surface area is 220 Å². The molecule has 0 bridgehead atoms. The standard InChI is InChI=1S/C29H41N3O5/c1-5-8-9-10-11-18-31(21-22-14-16-24(36-4)17-15-22)28(35)32-19-12-13-25(32)26(33)30-29(20-23(29)6-2)27(34)37-7-3/h5-6,14-17,23,25H,1-2,7-13,18-21H2,3-4H3,(H,30,33)/t23-,25+,29-/m1/s1. The van der Waals surface area contributed by atoms with Crippen molar-refractivity contribution in [1.29, 1.82) is 0 Å². The highest BCUT2D eigenvalue weighted by molar-refractivity contribution is 5.95. The van der Waals surface area contributed by atoms with Gasteiger partial charge in [-0.25, -0.2) is 9.59 Å². The first-order valence-corrected chi connectivity index (χ1v) is 13.3. The normalized spacial score (nSPS) is 22.2. The molecule has 1 heterocycles. The average Bonchev–Trinajstić information content (AvgIpc) is 3.39. The zero-order valence-electron chi connectivity index (χ0n) is 22.2. The van der Waals surface area contributed by atoms with Crippen molar-refractivity contribution in [3.8, 4) is 5.75 Å². The Morgan fingerprint density at radius 3 is 2.57 bits per heavy atom. The number of methoxy groups -OCH3 is 1. The minimum Gasteiger partial charge on any atom is -0.497 e. The molecule has 3 rings (SSSR count). The summed E-state index contributed by atoms with van der Waals surface area (Å²) in [4.78, 5) is 43.3. The average molecular weight is 512 g/mol. The van der Waals surface area contributed by atoms with E-state index in [1.807, 2.05) is 35.2 Å². The van der Waals surface area contributed by atoms with Crippen molar-refractivity contribution in [2.75, 3.05) is 26.8 Å². The van der Waals surface area contributed by atoms with Gasteiger partial charge < -0.3 is 24.6 Å². The maximum Gasteiger partial charge on any atom is 0.332 e. The van der Waals surface area contributed by atoms with Crippen LogP contribution in [0.5, 0.6) is 5.75 Å². The van der Waals surface area contributed by atoms with Gasteiger partial charge in [-0.15, -0.1) is 13.2 Å². The number of hydrogen-bond donors (Lipinski definition) is 1. The summed E-state index contributed by atoms with van der Waals surface area (Å²) in [7, 11) is 1.62. The molecule has 1 aromatic rings. The fourth-order valence-corrected chi connectivity index (χ4v) is 4.98. The van der Waals surface area contributed by atoms with E-state index in [4.69, 9.17) is 9.47 Å². The number of hydrogen-bond acceptors (Lipinski definition) is 5. The number of likely N-dealkylation sites (tertiary alicyclic amines) is 1. The fourth-order valence-electron chi connectivity index (χ4n) is 4.98. The van der Waals surface area contributed by atoms with E-state index in [2.05, 4.69) is 18.5 Å². The van der Waals surface area contributed by atoms with Gasteiger partial charge in [0.1, 0.15) is 17.3 Å². The van der Waals surface area contributed by atoms with Crippen LogP contribution in [0.25, 0.3) is 0 Å². The molecule has 1 saturated heterocycles. The van der Waals surface area contributed by atoms with Gasteiger partial charge in [0.25, 0.3) is 0 Å². The van der Waals surface area contributed by atoms with E-state index in [0.29, 0.717) is 32.5 Å². The van der Waals surface area contributed by atoms with Crippen LogP contribution in [0.4, 0.5) is 4.79 Å². The number of rotatable bonds is 14. The number of carbonyl (C=O) groups is 3. The molecule has 1 aromatic carbocycles. The van der Waals surface area contributed by atoms with E-state index < -0.39 is 17.6 Å². The molecular formula is C29H41N3O5. The largest absolute Gasteiger partial charge is 0.497 e. The van der Waals surface area contributed by atoms with E-state index in [1.54, 1.807) is 25.0 Å². The van der Waals surface area contributed by atoms with Gasteiger partial charge in [-0.2, -0.15) is 0 Å². The van der Waals surface area contributed by atoms with E-state index >= 15 is 0 Å². The fraction of sp³-hybridized carbons (Fsp3) is 0.552. The molecule has 1 aliphatic heterocycles. The zero-order chi connectivity index (χ0) is 26.8. The first-order valence-electron chi connectivity index (χ1n) is 13.3. The molecule has 1 N–H and O–H groups in total. The number of nitrogens with one attached hydrogen (secondary N) is 1. The summed E-state index contributed by atoms with van der Waals surface area (Å²) >= 11 is 0. The molecule has 0 aromatic heterocycles. The van der Waals surface area contributed by atoms with E-state index in [9.17, 15) is 14.4 Å². The van der Waals surface area contributed by atoms with Crippen LogP contribution in [0, 0.1) is 5.92 Å². The lowest BCUT2D eigenvalue weighted by Gasteiger charge is -2.32. The van der Waals surface area contributed by atoms with Crippen LogP contribution in [0.3, 0.4) is 0 Å². The molecule has 37 heavy (non-hydrogen) atoms. The number of esters is 1. The molecule has 0 unspecified atom stereocenters. The van der Waals surface area contributed by atoms with Gasteiger partial charge in [-0.05, 0) is 63.1 Å². The summed E-state index contributed by atoms with van der Waals surface area (Å²) in [5.74, 6) is -0.151. The number of benzene rings is 1. The smallest absolute Gasteiger partial charge is 0.332 e. The molecule has 3 atom stereocenters. The maximum absolute atomic E-state index is 13.8. The lowest BCUT2D eigenvalue weighted by molar-refractivity contribution is -0.149. The molecule has 0 radical (unpaired) electrons. The highest BCUT2D eigenvalue weighted by Gasteiger charge is 2.61. The third kappa shape index (κ3) is 6.93. The number of urea groups is 1. The summed E-state index contributed by atoms with van der Waals surface area (Å²) in [5, 5.41) is 2.93. The second-order valence-corrected chi connectivity index (χ2v) is 9.77.